The molecule has 0 unspecified atom stereocenters. The molecule has 136 valence electrons. The molecule has 2 fully saturated rings. The Morgan fingerprint density at radius 2 is 1.92 bits per heavy atom. The van der Waals surface area contributed by atoms with Crippen LogP contribution >= 0.6 is 11.3 Å². The molecule has 0 amide bonds. The first-order valence-corrected chi connectivity index (χ1v) is 10.5. The highest BCUT2D eigenvalue weighted by Gasteiger charge is 2.19. The summed E-state index contributed by atoms with van der Waals surface area (Å²) < 4.78 is 7.43. The Morgan fingerprint density at radius 1 is 1.08 bits per heavy atom. The molecule has 2 aliphatic rings. The van der Waals surface area contributed by atoms with E-state index in [0.29, 0.717) is 6.10 Å². The van der Waals surface area contributed by atoms with Gasteiger partial charge in [0.1, 0.15) is 0 Å². The van der Waals surface area contributed by atoms with Gasteiger partial charge in [0.2, 0.25) is 0 Å². The Morgan fingerprint density at radius 3 is 2.76 bits per heavy atom. The number of piperidine rings is 1. The highest BCUT2D eigenvalue weighted by molar-refractivity contribution is 7.17. The third-order valence-corrected chi connectivity index (χ3v) is 6.33. The maximum atomic E-state index is 6.03. The fourth-order valence-electron chi connectivity index (χ4n) is 3.97. The Balaban J connectivity index is 1.20. The molecule has 2 saturated heterocycles. The normalized spacial score (nSPS) is 20.4. The number of thiophene rings is 1. The number of hydrogen-bond donors (Lipinski definition) is 1. The van der Waals surface area contributed by atoms with Crippen molar-refractivity contribution in [3.8, 4) is 0 Å². The van der Waals surface area contributed by atoms with Crippen LogP contribution in [0.15, 0.2) is 29.6 Å². The van der Waals surface area contributed by atoms with Crippen LogP contribution in [0.3, 0.4) is 0 Å². The van der Waals surface area contributed by atoms with Crippen LogP contribution < -0.4 is 10.2 Å². The molecule has 0 radical (unpaired) electrons. The Kier molecular flexibility index (Phi) is 5.87. The Labute approximate surface area is 154 Å². The van der Waals surface area contributed by atoms with Gasteiger partial charge >= 0.3 is 0 Å². The van der Waals surface area contributed by atoms with E-state index in [9.17, 15) is 0 Å². The first-order valence-electron chi connectivity index (χ1n) is 9.66. The maximum Gasteiger partial charge on any atom is 0.0599 e. The van der Waals surface area contributed by atoms with Crippen LogP contribution in [0.1, 0.15) is 19.3 Å². The fourth-order valence-corrected chi connectivity index (χ4v) is 4.77. The number of benzene rings is 1. The Hall–Kier alpha value is -1.14. The van der Waals surface area contributed by atoms with Gasteiger partial charge in [-0.1, -0.05) is 6.07 Å². The van der Waals surface area contributed by atoms with Crippen molar-refractivity contribution >= 4 is 27.1 Å². The average Bonchev–Trinajstić information content (AvgIpc) is 3.15. The van der Waals surface area contributed by atoms with E-state index in [1.54, 1.807) is 0 Å². The number of fused-ring (bicyclic) bond motifs is 1. The molecule has 4 nitrogen and oxygen atoms in total. The van der Waals surface area contributed by atoms with Crippen molar-refractivity contribution < 1.29 is 4.74 Å². The molecule has 2 aromatic rings. The Bertz CT molecular complexity index is 660. The zero-order chi connectivity index (χ0) is 16.9. The smallest absolute Gasteiger partial charge is 0.0599 e. The molecule has 3 heterocycles. The third-order valence-electron chi connectivity index (χ3n) is 5.44. The second kappa shape index (κ2) is 8.49. The molecule has 0 saturated carbocycles. The summed E-state index contributed by atoms with van der Waals surface area (Å²) >= 11 is 1.84. The number of piperazine rings is 1. The lowest BCUT2D eigenvalue weighted by molar-refractivity contribution is 0.0276. The quantitative estimate of drug-likeness (QED) is 0.802. The van der Waals surface area contributed by atoms with Crippen molar-refractivity contribution in [3.63, 3.8) is 0 Å². The minimum Gasteiger partial charge on any atom is -0.378 e. The van der Waals surface area contributed by atoms with Gasteiger partial charge in [-0.05, 0) is 55.9 Å². The summed E-state index contributed by atoms with van der Waals surface area (Å²) in [5.41, 5.74) is 1.41. The highest BCUT2D eigenvalue weighted by atomic mass is 32.1. The topological polar surface area (TPSA) is 27.7 Å². The zero-order valence-corrected chi connectivity index (χ0v) is 15.8. The predicted octanol–water partition coefficient (Wildman–Crippen LogP) is 3.18. The summed E-state index contributed by atoms with van der Waals surface area (Å²) in [6, 6.07) is 8.96. The van der Waals surface area contributed by atoms with Crippen LogP contribution in [0.2, 0.25) is 0 Å². The van der Waals surface area contributed by atoms with E-state index in [1.165, 1.54) is 35.2 Å². The number of anilines is 1. The van der Waals surface area contributed by atoms with E-state index in [4.69, 9.17) is 4.74 Å². The van der Waals surface area contributed by atoms with E-state index in [1.807, 2.05) is 11.3 Å². The van der Waals surface area contributed by atoms with E-state index in [-0.39, 0.29) is 0 Å². The van der Waals surface area contributed by atoms with E-state index in [0.717, 1.165) is 52.3 Å². The molecule has 0 atom stereocenters. The van der Waals surface area contributed by atoms with Gasteiger partial charge in [0.05, 0.1) is 6.10 Å². The summed E-state index contributed by atoms with van der Waals surface area (Å²) in [5, 5.41) is 7.01. The first kappa shape index (κ1) is 17.3. The van der Waals surface area contributed by atoms with Crippen molar-refractivity contribution in [2.24, 2.45) is 0 Å². The number of rotatable bonds is 6. The van der Waals surface area contributed by atoms with Crippen LogP contribution in [-0.2, 0) is 4.74 Å². The minimum absolute atomic E-state index is 0.490. The minimum atomic E-state index is 0.490. The van der Waals surface area contributed by atoms with Gasteiger partial charge in [0.15, 0.2) is 0 Å². The zero-order valence-electron chi connectivity index (χ0n) is 15.0. The van der Waals surface area contributed by atoms with Crippen LogP contribution in [0.25, 0.3) is 10.1 Å². The molecule has 1 N–H and O–H groups in total. The van der Waals surface area contributed by atoms with Gasteiger partial charge < -0.3 is 15.0 Å². The van der Waals surface area contributed by atoms with E-state index in [2.05, 4.69) is 44.8 Å². The van der Waals surface area contributed by atoms with Crippen molar-refractivity contribution in [1.82, 2.24) is 10.2 Å². The predicted molar refractivity (Wildman–Crippen MR) is 107 cm³/mol. The molecule has 1 aromatic heterocycles. The molecular weight excluding hydrogens is 330 g/mol. The largest absolute Gasteiger partial charge is 0.378 e. The highest BCUT2D eigenvalue weighted by Crippen LogP contribution is 2.31. The summed E-state index contributed by atoms with van der Waals surface area (Å²) in [5.74, 6) is 0. The van der Waals surface area contributed by atoms with Crippen LogP contribution in [-0.4, -0.2) is 63.4 Å². The molecule has 0 aliphatic carbocycles. The van der Waals surface area contributed by atoms with Gasteiger partial charge in [0.25, 0.3) is 0 Å². The molecule has 5 heteroatoms. The van der Waals surface area contributed by atoms with E-state index >= 15 is 0 Å². The lowest BCUT2D eigenvalue weighted by atomic mass is 10.1. The number of nitrogens with one attached hydrogen (secondary N) is 1. The van der Waals surface area contributed by atoms with E-state index < -0.39 is 0 Å². The second-order valence-corrected chi connectivity index (χ2v) is 8.06. The van der Waals surface area contributed by atoms with Gasteiger partial charge in [-0.25, -0.2) is 0 Å². The number of ether oxygens (including phenoxy) is 1. The third kappa shape index (κ3) is 4.34. The molecule has 1 aromatic carbocycles. The maximum absolute atomic E-state index is 6.03. The summed E-state index contributed by atoms with van der Waals surface area (Å²) in [6.45, 7) is 8.89. The summed E-state index contributed by atoms with van der Waals surface area (Å²) in [4.78, 5) is 5.15. The van der Waals surface area contributed by atoms with Gasteiger partial charge in [-0.3, -0.25) is 4.90 Å². The molecule has 4 rings (SSSR count). The molecule has 0 bridgehead atoms. The van der Waals surface area contributed by atoms with Crippen molar-refractivity contribution in [2.45, 2.75) is 25.4 Å². The van der Waals surface area contributed by atoms with Gasteiger partial charge in [-0.15, -0.1) is 11.3 Å². The van der Waals surface area contributed by atoms with Crippen LogP contribution in [0.4, 0.5) is 5.69 Å². The lowest BCUT2D eigenvalue weighted by Gasteiger charge is -2.36. The van der Waals surface area contributed by atoms with Crippen LogP contribution in [0, 0.1) is 0 Å². The molecule has 25 heavy (non-hydrogen) atoms. The number of nitrogens with zero attached hydrogens (tertiary/aromatic N) is 2. The fraction of sp³-hybridized carbons (Fsp3) is 0.600. The van der Waals surface area contributed by atoms with Crippen molar-refractivity contribution in [2.75, 3.05) is 57.3 Å². The van der Waals surface area contributed by atoms with Crippen molar-refractivity contribution in [1.29, 1.82) is 0 Å². The van der Waals surface area contributed by atoms with Crippen LogP contribution in [0.5, 0.6) is 0 Å². The SMILES string of the molecule is c1cc(N2CCN(CCCOC3CCNCC3)CC2)c2ccsc2c1. The first-order chi connectivity index (χ1) is 12.4. The molecular formula is C20H29N3OS. The number of hydrogen-bond acceptors (Lipinski definition) is 5. The summed E-state index contributed by atoms with van der Waals surface area (Å²) in [7, 11) is 0. The second-order valence-electron chi connectivity index (χ2n) is 7.11. The molecule has 2 aliphatic heterocycles. The van der Waals surface area contributed by atoms with Gasteiger partial charge in [-0.2, -0.15) is 0 Å². The van der Waals surface area contributed by atoms with Crippen molar-refractivity contribution in [3.05, 3.63) is 29.6 Å². The molecule has 0 spiro atoms. The lowest BCUT2D eigenvalue weighted by Crippen LogP contribution is -2.46. The summed E-state index contributed by atoms with van der Waals surface area (Å²) in [6.07, 6.45) is 3.99. The van der Waals surface area contributed by atoms with Gasteiger partial charge in [0, 0.05) is 55.1 Å². The average molecular weight is 360 g/mol. The monoisotopic (exact) mass is 359 g/mol. The standard InChI is InChI=1S/C20H29N3OS/c1-3-19(18-7-16-25-20(18)4-1)23-13-11-22(12-14-23)10-2-15-24-17-5-8-21-9-6-17/h1,3-4,7,16-17,21H,2,5-6,8-15H2.